The van der Waals surface area contributed by atoms with E-state index in [1.807, 2.05) is 20.8 Å². The highest BCUT2D eigenvalue weighted by atomic mass is 32.2. The Hall–Kier alpha value is -1.11. The number of anilines is 1. The Balaban J connectivity index is 2.84. The third-order valence-corrected chi connectivity index (χ3v) is 4.92. The summed E-state index contributed by atoms with van der Waals surface area (Å²) in [5, 5.41) is 0. The van der Waals surface area contributed by atoms with Crippen LogP contribution in [0, 0.1) is 0 Å². The molecule has 0 aromatic heterocycles. The second kappa shape index (κ2) is 7.06. The topological polar surface area (TPSA) is 72.6 Å². The lowest BCUT2D eigenvalue weighted by atomic mass is 10.1. The van der Waals surface area contributed by atoms with Gasteiger partial charge in [0.15, 0.2) is 0 Å². The number of likely N-dealkylation sites (N-methyl/N-ethyl adjacent to an activating group) is 1. The first-order chi connectivity index (χ1) is 9.28. The van der Waals surface area contributed by atoms with Crippen molar-refractivity contribution in [2.24, 2.45) is 0 Å². The van der Waals surface area contributed by atoms with E-state index in [9.17, 15) is 8.42 Å². The molecule has 0 fully saturated rings. The summed E-state index contributed by atoms with van der Waals surface area (Å²) >= 11 is 0. The average Bonchev–Trinajstić information content (AvgIpc) is 2.37. The van der Waals surface area contributed by atoms with E-state index >= 15 is 0 Å². The molecule has 0 saturated heterocycles. The van der Waals surface area contributed by atoms with Gasteiger partial charge in [0.2, 0.25) is 10.0 Å². The van der Waals surface area contributed by atoms with Crippen LogP contribution in [0.5, 0.6) is 0 Å². The molecule has 20 heavy (non-hydrogen) atoms. The predicted octanol–water partition coefficient (Wildman–Crippen LogP) is 1.88. The molecule has 1 rings (SSSR count). The number of nitrogen functional groups attached to an aromatic ring is 1. The zero-order valence-corrected chi connectivity index (χ0v) is 13.4. The van der Waals surface area contributed by atoms with E-state index in [0.717, 1.165) is 12.0 Å². The maximum atomic E-state index is 12.4. The highest BCUT2D eigenvalue weighted by Gasteiger charge is 2.21. The molecular weight excluding hydrogens is 276 g/mol. The van der Waals surface area contributed by atoms with Crippen LogP contribution >= 0.6 is 0 Å². The van der Waals surface area contributed by atoms with E-state index in [-0.39, 0.29) is 11.0 Å². The minimum atomic E-state index is -3.51. The number of nitrogens with zero attached hydrogens (tertiary/aromatic N) is 1. The Kier molecular flexibility index (Phi) is 5.98. The third kappa shape index (κ3) is 4.19. The second-order valence-corrected chi connectivity index (χ2v) is 7.01. The van der Waals surface area contributed by atoms with Crippen LogP contribution in [0.3, 0.4) is 0 Å². The minimum Gasteiger partial charge on any atom is -0.398 e. The lowest BCUT2D eigenvalue weighted by molar-refractivity contribution is 0.0737. The molecule has 114 valence electrons. The van der Waals surface area contributed by atoms with Crippen LogP contribution in [0.2, 0.25) is 0 Å². The van der Waals surface area contributed by atoms with Crippen molar-refractivity contribution in [1.29, 1.82) is 0 Å². The number of ether oxygens (including phenoxy) is 1. The number of sulfonamides is 1. The Labute approximate surface area is 121 Å². The maximum Gasteiger partial charge on any atom is 0.242 e. The van der Waals surface area contributed by atoms with Crippen molar-refractivity contribution in [3.05, 3.63) is 23.8 Å². The molecule has 0 aliphatic carbocycles. The van der Waals surface area contributed by atoms with Gasteiger partial charge < -0.3 is 10.5 Å². The number of rotatable bonds is 7. The summed E-state index contributed by atoms with van der Waals surface area (Å²) in [5.41, 5.74) is 7.33. The highest BCUT2D eigenvalue weighted by molar-refractivity contribution is 7.89. The van der Waals surface area contributed by atoms with Gasteiger partial charge in [0.05, 0.1) is 17.6 Å². The minimum absolute atomic E-state index is 0.0885. The molecule has 6 heteroatoms. The molecule has 0 spiro atoms. The van der Waals surface area contributed by atoms with Gasteiger partial charge in [0.1, 0.15) is 0 Å². The number of benzene rings is 1. The summed E-state index contributed by atoms with van der Waals surface area (Å²) in [5.74, 6) is 0. The first-order valence-electron chi connectivity index (χ1n) is 6.75. The highest BCUT2D eigenvalue weighted by Crippen LogP contribution is 2.20. The number of hydrogen-bond acceptors (Lipinski definition) is 4. The maximum absolute atomic E-state index is 12.4. The molecule has 0 unspecified atom stereocenters. The normalized spacial score (nSPS) is 12.3. The Morgan fingerprint density at radius 1 is 1.35 bits per heavy atom. The molecule has 0 amide bonds. The molecular formula is C14H24N2O3S. The van der Waals surface area contributed by atoms with Gasteiger partial charge in [-0.15, -0.1) is 0 Å². The zero-order chi connectivity index (χ0) is 15.3. The van der Waals surface area contributed by atoms with Crippen molar-refractivity contribution >= 4 is 15.7 Å². The second-order valence-electron chi connectivity index (χ2n) is 4.96. The molecule has 5 nitrogen and oxygen atoms in total. The molecule has 0 bridgehead atoms. The lowest BCUT2D eigenvalue weighted by Gasteiger charge is -2.18. The predicted molar refractivity (Wildman–Crippen MR) is 81.1 cm³/mol. The van der Waals surface area contributed by atoms with Gasteiger partial charge in [-0.2, -0.15) is 4.31 Å². The quantitative estimate of drug-likeness (QED) is 0.780. The van der Waals surface area contributed by atoms with Gasteiger partial charge in [0.25, 0.3) is 0 Å². The van der Waals surface area contributed by atoms with E-state index in [0.29, 0.717) is 18.8 Å². The fourth-order valence-electron chi connectivity index (χ4n) is 1.77. The number of hydrogen-bond donors (Lipinski definition) is 1. The molecule has 0 aliphatic heterocycles. The smallest absolute Gasteiger partial charge is 0.242 e. The van der Waals surface area contributed by atoms with Gasteiger partial charge in [-0.3, -0.25) is 0 Å². The van der Waals surface area contributed by atoms with Crippen LogP contribution in [-0.4, -0.2) is 39.0 Å². The van der Waals surface area contributed by atoms with E-state index in [4.69, 9.17) is 10.5 Å². The van der Waals surface area contributed by atoms with Crippen molar-refractivity contribution in [2.45, 2.75) is 38.2 Å². The Morgan fingerprint density at radius 3 is 2.50 bits per heavy atom. The molecule has 1 aromatic rings. The summed E-state index contributed by atoms with van der Waals surface area (Å²) in [6.45, 7) is 6.50. The Bertz CT molecular complexity index is 541. The van der Waals surface area contributed by atoms with Crippen molar-refractivity contribution in [2.75, 3.05) is 25.9 Å². The molecule has 0 aliphatic rings. The van der Waals surface area contributed by atoms with E-state index in [2.05, 4.69) is 0 Å². The molecule has 1 aromatic carbocycles. The number of nitrogens with two attached hydrogens (primary N) is 1. The summed E-state index contributed by atoms with van der Waals surface area (Å²) in [4.78, 5) is 0.222. The van der Waals surface area contributed by atoms with Crippen LogP contribution in [0.1, 0.15) is 26.3 Å². The molecule has 0 atom stereocenters. The van der Waals surface area contributed by atoms with Crippen molar-refractivity contribution in [1.82, 2.24) is 4.31 Å². The van der Waals surface area contributed by atoms with Gasteiger partial charge in [0, 0.05) is 19.3 Å². The average molecular weight is 300 g/mol. The van der Waals surface area contributed by atoms with E-state index in [1.54, 1.807) is 19.2 Å². The van der Waals surface area contributed by atoms with E-state index < -0.39 is 10.0 Å². The Morgan fingerprint density at radius 2 is 2.00 bits per heavy atom. The van der Waals surface area contributed by atoms with Crippen LogP contribution < -0.4 is 5.73 Å². The number of aryl methyl sites for hydroxylation is 1. The fourth-order valence-corrected chi connectivity index (χ4v) is 2.96. The SMILES string of the molecule is CCc1ccc(S(=O)(=O)N(C)CCOC(C)C)cc1N. The van der Waals surface area contributed by atoms with E-state index in [1.165, 1.54) is 10.4 Å². The van der Waals surface area contributed by atoms with Crippen molar-refractivity contribution < 1.29 is 13.2 Å². The monoisotopic (exact) mass is 300 g/mol. The molecule has 0 radical (unpaired) electrons. The summed E-state index contributed by atoms with van der Waals surface area (Å²) in [6, 6.07) is 4.89. The van der Waals surface area contributed by atoms with Crippen molar-refractivity contribution in [3.63, 3.8) is 0 Å². The fraction of sp³-hybridized carbons (Fsp3) is 0.571. The molecule has 2 N–H and O–H groups in total. The standard InChI is InChI=1S/C14H24N2O3S/c1-5-12-6-7-13(10-14(12)15)20(17,18)16(4)8-9-19-11(2)3/h6-7,10-11H,5,8-9,15H2,1-4H3. The largest absolute Gasteiger partial charge is 0.398 e. The van der Waals surface area contributed by atoms with Crippen LogP contribution in [0.4, 0.5) is 5.69 Å². The van der Waals surface area contributed by atoms with Crippen LogP contribution in [0.15, 0.2) is 23.1 Å². The van der Waals surface area contributed by atoms with Gasteiger partial charge in [-0.05, 0) is 38.0 Å². The van der Waals surface area contributed by atoms with Crippen LogP contribution in [-0.2, 0) is 21.2 Å². The van der Waals surface area contributed by atoms with Gasteiger partial charge in [-0.25, -0.2) is 8.42 Å². The van der Waals surface area contributed by atoms with Crippen molar-refractivity contribution in [3.8, 4) is 0 Å². The summed E-state index contributed by atoms with van der Waals surface area (Å²) in [6.07, 6.45) is 0.870. The molecule has 0 saturated carbocycles. The first-order valence-corrected chi connectivity index (χ1v) is 8.19. The van der Waals surface area contributed by atoms with Gasteiger partial charge in [-0.1, -0.05) is 13.0 Å². The summed E-state index contributed by atoms with van der Waals surface area (Å²) < 4.78 is 31.4. The lowest BCUT2D eigenvalue weighted by Crippen LogP contribution is -2.31. The molecule has 0 heterocycles. The summed E-state index contributed by atoms with van der Waals surface area (Å²) in [7, 11) is -1.97. The van der Waals surface area contributed by atoms with Crippen LogP contribution in [0.25, 0.3) is 0 Å². The first kappa shape index (κ1) is 16.9. The zero-order valence-electron chi connectivity index (χ0n) is 12.6. The van der Waals surface area contributed by atoms with Gasteiger partial charge >= 0.3 is 0 Å². The third-order valence-electron chi connectivity index (χ3n) is 3.06.